The van der Waals surface area contributed by atoms with Crippen LogP contribution in [0.25, 0.3) is 0 Å². The number of aliphatic hydroxyl groups is 1. The molecule has 90 valence electrons. The van der Waals surface area contributed by atoms with Crippen molar-refractivity contribution in [3.05, 3.63) is 0 Å². The maximum atomic E-state index is 9.43. The van der Waals surface area contributed by atoms with Crippen molar-refractivity contribution < 1.29 is 5.11 Å². The van der Waals surface area contributed by atoms with E-state index < -0.39 is 0 Å². The van der Waals surface area contributed by atoms with E-state index in [1.807, 2.05) is 0 Å². The van der Waals surface area contributed by atoms with Gasteiger partial charge in [-0.1, -0.05) is 13.8 Å². The third-order valence-corrected chi connectivity index (χ3v) is 3.82. The number of hydrogen-bond donors (Lipinski definition) is 3. The van der Waals surface area contributed by atoms with Crippen LogP contribution in [0.4, 0.5) is 0 Å². The average Bonchev–Trinajstić information content (AvgIpc) is 2.33. The van der Waals surface area contributed by atoms with Crippen LogP contribution in [-0.2, 0) is 0 Å². The minimum Gasteiger partial charge on any atom is -0.394 e. The number of rotatable bonds is 6. The predicted octanol–water partition coefficient (Wildman–Crippen LogP) is 1.13. The summed E-state index contributed by atoms with van der Waals surface area (Å²) >= 11 is 0. The number of nitrogens with one attached hydrogen (secondary N) is 2. The quantitative estimate of drug-likeness (QED) is 0.621. The van der Waals surface area contributed by atoms with Gasteiger partial charge in [0.15, 0.2) is 0 Å². The van der Waals surface area contributed by atoms with E-state index in [1.165, 1.54) is 19.4 Å². The lowest BCUT2D eigenvalue weighted by molar-refractivity contribution is 0.143. The number of piperidine rings is 1. The minimum atomic E-state index is -0.0442. The SMILES string of the molecule is CCC(CC)(CO)NCC1CCCNC1. The molecular weight excluding hydrogens is 188 g/mol. The first-order valence-corrected chi connectivity index (χ1v) is 6.33. The molecule has 0 aromatic carbocycles. The molecule has 15 heavy (non-hydrogen) atoms. The fourth-order valence-electron chi connectivity index (χ4n) is 2.24. The molecule has 1 heterocycles. The third kappa shape index (κ3) is 3.74. The van der Waals surface area contributed by atoms with Gasteiger partial charge in [-0.05, 0) is 51.2 Å². The van der Waals surface area contributed by atoms with Crippen LogP contribution in [0.5, 0.6) is 0 Å². The summed E-state index contributed by atoms with van der Waals surface area (Å²) in [7, 11) is 0. The monoisotopic (exact) mass is 214 g/mol. The van der Waals surface area contributed by atoms with Crippen LogP contribution in [0.1, 0.15) is 39.5 Å². The molecule has 3 heteroatoms. The maximum absolute atomic E-state index is 9.43. The lowest BCUT2D eigenvalue weighted by atomic mass is 9.91. The second kappa shape index (κ2) is 6.46. The Hall–Kier alpha value is -0.120. The zero-order chi connectivity index (χ0) is 11.1. The van der Waals surface area contributed by atoms with Crippen LogP contribution < -0.4 is 10.6 Å². The highest BCUT2D eigenvalue weighted by Gasteiger charge is 2.25. The molecule has 0 bridgehead atoms. The van der Waals surface area contributed by atoms with E-state index >= 15 is 0 Å². The summed E-state index contributed by atoms with van der Waals surface area (Å²) in [5, 5.41) is 16.4. The van der Waals surface area contributed by atoms with Crippen molar-refractivity contribution in [2.75, 3.05) is 26.2 Å². The van der Waals surface area contributed by atoms with Gasteiger partial charge in [0.05, 0.1) is 6.61 Å². The summed E-state index contributed by atoms with van der Waals surface area (Å²) in [5.41, 5.74) is -0.0442. The zero-order valence-corrected chi connectivity index (χ0v) is 10.2. The van der Waals surface area contributed by atoms with Gasteiger partial charge in [-0.15, -0.1) is 0 Å². The van der Waals surface area contributed by atoms with Crippen LogP contribution in [0.15, 0.2) is 0 Å². The molecule has 3 N–H and O–H groups in total. The molecule has 1 fully saturated rings. The lowest BCUT2D eigenvalue weighted by Crippen LogP contribution is -2.50. The molecule has 1 saturated heterocycles. The molecule has 0 radical (unpaired) electrons. The highest BCUT2D eigenvalue weighted by atomic mass is 16.3. The van der Waals surface area contributed by atoms with Gasteiger partial charge in [0.1, 0.15) is 0 Å². The van der Waals surface area contributed by atoms with E-state index in [2.05, 4.69) is 24.5 Å². The second-order valence-corrected chi connectivity index (χ2v) is 4.74. The molecule has 0 amide bonds. The van der Waals surface area contributed by atoms with Gasteiger partial charge in [-0.3, -0.25) is 0 Å². The van der Waals surface area contributed by atoms with Crippen molar-refractivity contribution in [2.45, 2.75) is 45.1 Å². The Bertz CT molecular complexity index is 155. The molecule has 1 unspecified atom stereocenters. The standard InChI is InChI=1S/C12H26N2O/c1-3-12(4-2,10-15)14-9-11-6-5-7-13-8-11/h11,13-15H,3-10H2,1-2H3. The van der Waals surface area contributed by atoms with E-state index in [0.29, 0.717) is 0 Å². The smallest absolute Gasteiger partial charge is 0.0613 e. The first kappa shape index (κ1) is 12.9. The molecule has 1 aliphatic rings. The van der Waals surface area contributed by atoms with E-state index in [-0.39, 0.29) is 12.1 Å². The Morgan fingerprint density at radius 1 is 1.40 bits per heavy atom. The minimum absolute atomic E-state index is 0.0442. The van der Waals surface area contributed by atoms with Gasteiger partial charge in [-0.25, -0.2) is 0 Å². The zero-order valence-electron chi connectivity index (χ0n) is 10.2. The van der Waals surface area contributed by atoms with Gasteiger partial charge in [0.2, 0.25) is 0 Å². The first-order chi connectivity index (χ1) is 7.26. The van der Waals surface area contributed by atoms with Crippen molar-refractivity contribution >= 4 is 0 Å². The number of aliphatic hydroxyl groups excluding tert-OH is 1. The van der Waals surface area contributed by atoms with Gasteiger partial charge in [0.25, 0.3) is 0 Å². The topological polar surface area (TPSA) is 44.3 Å². The van der Waals surface area contributed by atoms with E-state index in [0.717, 1.165) is 31.8 Å². The Morgan fingerprint density at radius 2 is 2.13 bits per heavy atom. The van der Waals surface area contributed by atoms with E-state index in [1.54, 1.807) is 0 Å². The van der Waals surface area contributed by atoms with Crippen molar-refractivity contribution in [1.29, 1.82) is 0 Å². The number of hydrogen-bond acceptors (Lipinski definition) is 3. The fraction of sp³-hybridized carbons (Fsp3) is 1.00. The van der Waals surface area contributed by atoms with Gasteiger partial charge < -0.3 is 15.7 Å². The lowest BCUT2D eigenvalue weighted by Gasteiger charge is -2.34. The maximum Gasteiger partial charge on any atom is 0.0613 e. The summed E-state index contributed by atoms with van der Waals surface area (Å²) < 4.78 is 0. The summed E-state index contributed by atoms with van der Waals surface area (Å²) in [6.07, 6.45) is 4.60. The Kier molecular flexibility index (Phi) is 5.58. The fourth-order valence-corrected chi connectivity index (χ4v) is 2.24. The van der Waals surface area contributed by atoms with Crippen molar-refractivity contribution in [2.24, 2.45) is 5.92 Å². The summed E-state index contributed by atoms with van der Waals surface area (Å²) in [4.78, 5) is 0. The summed E-state index contributed by atoms with van der Waals surface area (Å²) in [6.45, 7) is 7.87. The molecule has 1 aliphatic heterocycles. The molecular formula is C12H26N2O. The molecule has 1 atom stereocenters. The van der Waals surface area contributed by atoms with E-state index in [4.69, 9.17) is 0 Å². The van der Waals surface area contributed by atoms with Crippen molar-refractivity contribution in [3.8, 4) is 0 Å². The highest BCUT2D eigenvalue weighted by molar-refractivity contribution is 4.86. The normalized spacial score (nSPS) is 23.0. The van der Waals surface area contributed by atoms with Crippen LogP contribution >= 0.6 is 0 Å². The molecule has 1 rings (SSSR count). The van der Waals surface area contributed by atoms with E-state index in [9.17, 15) is 5.11 Å². The van der Waals surface area contributed by atoms with Crippen molar-refractivity contribution in [1.82, 2.24) is 10.6 Å². The highest BCUT2D eigenvalue weighted by Crippen LogP contribution is 2.16. The Morgan fingerprint density at radius 3 is 2.60 bits per heavy atom. The van der Waals surface area contributed by atoms with Crippen LogP contribution in [0.3, 0.4) is 0 Å². The Labute approximate surface area is 93.6 Å². The largest absolute Gasteiger partial charge is 0.394 e. The second-order valence-electron chi connectivity index (χ2n) is 4.74. The first-order valence-electron chi connectivity index (χ1n) is 6.33. The molecule has 3 nitrogen and oxygen atoms in total. The van der Waals surface area contributed by atoms with Gasteiger partial charge in [-0.2, -0.15) is 0 Å². The molecule has 0 aromatic heterocycles. The Balaban J connectivity index is 2.31. The van der Waals surface area contributed by atoms with Gasteiger partial charge in [0, 0.05) is 5.54 Å². The van der Waals surface area contributed by atoms with Crippen LogP contribution in [0, 0.1) is 5.92 Å². The van der Waals surface area contributed by atoms with Crippen molar-refractivity contribution in [3.63, 3.8) is 0 Å². The molecule has 0 aliphatic carbocycles. The molecule has 0 aromatic rings. The van der Waals surface area contributed by atoms with Crippen LogP contribution in [-0.4, -0.2) is 36.9 Å². The van der Waals surface area contributed by atoms with Gasteiger partial charge >= 0.3 is 0 Å². The summed E-state index contributed by atoms with van der Waals surface area (Å²) in [5.74, 6) is 0.739. The molecule has 0 spiro atoms. The van der Waals surface area contributed by atoms with Crippen LogP contribution in [0.2, 0.25) is 0 Å². The average molecular weight is 214 g/mol. The third-order valence-electron chi connectivity index (χ3n) is 3.82. The molecule has 0 saturated carbocycles. The summed E-state index contributed by atoms with van der Waals surface area (Å²) in [6, 6.07) is 0. The predicted molar refractivity (Wildman–Crippen MR) is 64.0 cm³/mol.